The molecule has 0 saturated heterocycles. The van der Waals surface area contributed by atoms with Gasteiger partial charge in [0.1, 0.15) is 6.54 Å². The van der Waals surface area contributed by atoms with Crippen molar-refractivity contribution in [3.05, 3.63) is 29.3 Å². The normalized spacial score (nSPS) is 10.5. The summed E-state index contributed by atoms with van der Waals surface area (Å²) in [6.45, 7) is 3.72. The van der Waals surface area contributed by atoms with E-state index >= 15 is 0 Å². The van der Waals surface area contributed by atoms with Crippen molar-refractivity contribution >= 4 is 29.2 Å². The number of hydrogen-bond acceptors (Lipinski definition) is 2. The molecule has 0 atom stereocenters. The molecule has 4 nitrogen and oxygen atoms in total. The molecule has 1 aromatic carbocycles. The predicted molar refractivity (Wildman–Crippen MR) is 75.5 cm³/mol. The molecule has 0 bridgehead atoms. The lowest BCUT2D eigenvalue weighted by molar-refractivity contribution is -0.136. The number of amides is 1. The second kappa shape index (κ2) is 7.14. The molecular weight excluding hydrogens is 266 g/mol. The van der Waals surface area contributed by atoms with Crippen molar-refractivity contribution in [3.63, 3.8) is 0 Å². The Bertz CT molecular complexity index is 443. The highest BCUT2D eigenvalue weighted by atomic mass is 35.5. The summed E-state index contributed by atoms with van der Waals surface area (Å²) in [7, 11) is 0. The summed E-state index contributed by atoms with van der Waals surface area (Å²) in [6.07, 6.45) is 1.08. The number of halogens is 1. The van der Waals surface area contributed by atoms with E-state index in [0.717, 1.165) is 6.42 Å². The van der Waals surface area contributed by atoms with Gasteiger partial charge >= 0.3 is 5.97 Å². The average molecular weight is 284 g/mol. The van der Waals surface area contributed by atoms with Crippen LogP contribution in [0.3, 0.4) is 0 Å². The van der Waals surface area contributed by atoms with Crippen molar-refractivity contribution in [1.29, 1.82) is 0 Å². The largest absolute Gasteiger partial charge is 0.480 e. The first-order chi connectivity index (χ1) is 8.90. The number of benzene rings is 1. The maximum absolute atomic E-state index is 12.1. The maximum Gasteiger partial charge on any atom is 0.323 e. The molecule has 0 heterocycles. The molecule has 0 aliphatic rings. The van der Waals surface area contributed by atoms with Gasteiger partial charge in [0.2, 0.25) is 5.91 Å². The SMILES string of the molecule is CC(C)CCC(=O)N(CC(=O)O)c1ccc(Cl)cc1. The van der Waals surface area contributed by atoms with Crippen LogP contribution in [0.4, 0.5) is 5.69 Å². The van der Waals surface area contributed by atoms with Crippen molar-refractivity contribution in [2.24, 2.45) is 5.92 Å². The molecule has 1 amide bonds. The van der Waals surface area contributed by atoms with Crippen LogP contribution in [0.25, 0.3) is 0 Å². The molecule has 5 heteroatoms. The first-order valence-corrected chi connectivity index (χ1v) is 6.55. The van der Waals surface area contributed by atoms with Crippen LogP contribution in [0, 0.1) is 5.92 Å². The van der Waals surface area contributed by atoms with E-state index < -0.39 is 5.97 Å². The Hall–Kier alpha value is -1.55. The quantitative estimate of drug-likeness (QED) is 0.872. The molecule has 1 rings (SSSR count). The maximum atomic E-state index is 12.1. The lowest BCUT2D eigenvalue weighted by Gasteiger charge is -2.21. The number of aliphatic carboxylic acids is 1. The van der Waals surface area contributed by atoms with Gasteiger partial charge < -0.3 is 10.0 Å². The van der Waals surface area contributed by atoms with Gasteiger partial charge in [-0.3, -0.25) is 9.59 Å². The van der Waals surface area contributed by atoms with Gasteiger partial charge in [-0.1, -0.05) is 25.4 Å². The zero-order chi connectivity index (χ0) is 14.4. The van der Waals surface area contributed by atoms with E-state index in [1.54, 1.807) is 24.3 Å². The van der Waals surface area contributed by atoms with Crippen LogP contribution in [-0.2, 0) is 9.59 Å². The van der Waals surface area contributed by atoms with Gasteiger partial charge in [0, 0.05) is 17.1 Å². The molecule has 0 aliphatic heterocycles. The van der Waals surface area contributed by atoms with E-state index in [1.807, 2.05) is 13.8 Å². The molecule has 0 unspecified atom stereocenters. The van der Waals surface area contributed by atoms with Crippen LogP contribution < -0.4 is 4.90 Å². The second-order valence-corrected chi connectivity index (χ2v) is 5.22. The van der Waals surface area contributed by atoms with E-state index in [4.69, 9.17) is 16.7 Å². The van der Waals surface area contributed by atoms with Crippen LogP contribution in [0.15, 0.2) is 24.3 Å². The monoisotopic (exact) mass is 283 g/mol. The lowest BCUT2D eigenvalue weighted by Crippen LogP contribution is -2.35. The van der Waals surface area contributed by atoms with Gasteiger partial charge in [-0.15, -0.1) is 0 Å². The lowest BCUT2D eigenvalue weighted by atomic mass is 10.1. The molecule has 104 valence electrons. The highest BCUT2D eigenvalue weighted by Crippen LogP contribution is 2.19. The molecule has 0 fully saturated rings. The predicted octanol–water partition coefficient (Wildman–Crippen LogP) is 3.19. The highest BCUT2D eigenvalue weighted by Gasteiger charge is 2.18. The minimum atomic E-state index is -1.03. The third-order valence-corrected chi connectivity index (χ3v) is 2.92. The Morgan fingerprint density at radius 3 is 2.32 bits per heavy atom. The van der Waals surface area contributed by atoms with Crippen LogP contribution >= 0.6 is 11.6 Å². The number of carbonyl (C=O) groups is 2. The Morgan fingerprint density at radius 1 is 1.26 bits per heavy atom. The summed E-state index contributed by atoms with van der Waals surface area (Å²) >= 11 is 5.78. The summed E-state index contributed by atoms with van der Waals surface area (Å²) in [5, 5.41) is 9.46. The standard InChI is InChI=1S/C14H18ClNO3/c1-10(2)3-8-13(17)16(9-14(18)19)12-6-4-11(15)5-7-12/h4-7,10H,3,8-9H2,1-2H3,(H,18,19). The summed E-state index contributed by atoms with van der Waals surface area (Å²) in [4.78, 5) is 24.2. The Morgan fingerprint density at radius 2 is 1.84 bits per heavy atom. The van der Waals surface area contributed by atoms with Gasteiger partial charge in [0.05, 0.1) is 0 Å². The number of carboxylic acid groups (broad SMARTS) is 1. The number of nitrogens with zero attached hydrogens (tertiary/aromatic N) is 1. The zero-order valence-electron chi connectivity index (χ0n) is 11.1. The molecule has 1 aromatic rings. The number of carbonyl (C=O) groups excluding carboxylic acids is 1. The highest BCUT2D eigenvalue weighted by molar-refractivity contribution is 6.30. The number of hydrogen-bond donors (Lipinski definition) is 1. The molecule has 1 N–H and O–H groups in total. The summed E-state index contributed by atoms with van der Waals surface area (Å²) < 4.78 is 0. The Labute approximate surface area is 118 Å². The van der Waals surface area contributed by atoms with Gasteiger partial charge in [-0.05, 0) is 36.6 Å². The molecule has 0 spiro atoms. The van der Waals surface area contributed by atoms with Gasteiger partial charge in [0.15, 0.2) is 0 Å². The fraction of sp³-hybridized carbons (Fsp3) is 0.429. The van der Waals surface area contributed by atoms with Crippen molar-refractivity contribution < 1.29 is 14.7 Å². The minimum absolute atomic E-state index is 0.182. The molecule has 0 aromatic heterocycles. The smallest absolute Gasteiger partial charge is 0.323 e. The Kier molecular flexibility index (Phi) is 5.83. The van der Waals surface area contributed by atoms with E-state index in [-0.39, 0.29) is 12.5 Å². The van der Waals surface area contributed by atoms with Crippen LogP contribution in [0.5, 0.6) is 0 Å². The number of rotatable bonds is 6. The molecule has 19 heavy (non-hydrogen) atoms. The van der Waals surface area contributed by atoms with Gasteiger partial charge in [-0.25, -0.2) is 0 Å². The number of carboxylic acids is 1. The summed E-state index contributed by atoms with van der Waals surface area (Å²) in [5.41, 5.74) is 0.556. The van der Waals surface area contributed by atoms with E-state index in [2.05, 4.69) is 0 Å². The summed E-state index contributed by atoms with van der Waals surface area (Å²) in [6, 6.07) is 6.58. The Balaban J connectivity index is 2.84. The molecular formula is C14H18ClNO3. The van der Waals surface area contributed by atoms with Crippen molar-refractivity contribution in [1.82, 2.24) is 0 Å². The topological polar surface area (TPSA) is 57.6 Å². The van der Waals surface area contributed by atoms with Crippen molar-refractivity contribution in [2.45, 2.75) is 26.7 Å². The third-order valence-electron chi connectivity index (χ3n) is 2.67. The van der Waals surface area contributed by atoms with Crippen LogP contribution in [0.2, 0.25) is 5.02 Å². The number of anilines is 1. The van der Waals surface area contributed by atoms with Crippen molar-refractivity contribution in [3.8, 4) is 0 Å². The van der Waals surface area contributed by atoms with Gasteiger partial charge in [-0.2, -0.15) is 0 Å². The fourth-order valence-electron chi connectivity index (χ4n) is 1.63. The fourth-order valence-corrected chi connectivity index (χ4v) is 1.75. The zero-order valence-corrected chi connectivity index (χ0v) is 11.9. The first-order valence-electron chi connectivity index (χ1n) is 6.18. The first kappa shape index (κ1) is 15.5. The average Bonchev–Trinajstić information content (AvgIpc) is 2.34. The van der Waals surface area contributed by atoms with E-state index in [9.17, 15) is 9.59 Å². The summed E-state index contributed by atoms with van der Waals surface area (Å²) in [5.74, 6) is -0.813. The second-order valence-electron chi connectivity index (χ2n) is 4.78. The molecule has 0 saturated carbocycles. The van der Waals surface area contributed by atoms with Crippen molar-refractivity contribution in [2.75, 3.05) is 11.4 Å². The van der Waals surface area contributed by atoms with Crippen LogP contribution in [0.1, 0.15) is 26.7 Å². The van der Waals surface area contributed by atoms with E-state index in [0.29, 0.717) is 23.0 Å². The van der Waals surface area contributed by atoms with Gasteiger partial charge in [0.25, 0.3) is 0 Å². The third kappa shape index (κ3) is 5.30. The molecule has 0 aliphatic carbocycles. The molecule has 0 radical (unpaired) electrons. The minimum Gasteiger partial charge on any atom is -0.480 e. The van der Waals surface area contributed by atoms with E-state index in [1.165, 1.54) is 4.90 Å². The van der Waals surface area contributed by atoms with Crippen LogP contribution in [-0.4, -0.2) is 23.5 Å².